The normalized spacial score (nSPS) is 12.1. The average Bonchev–Trinajstić information content (AvgIpc) is 3.00. The van der Waals surface area contributed by atoms with Crippen molar-refractivity contribution in [3.05, 3.63) is 52.8 Å². The third-order valence-corrected chi connectivity index (χ3v) is 6.01. The Morgan fingerprint density at radius 2 is 1.93 bits per heavy atom. The first-order valence-electron chi connectivity index (χ1n) is 9.14. The predicted octanol–water partition coefficient (Wildman–Crippen LogP) is 5.36. The van der Waals surface area contributed by atoms with Crippen molar-refractivity contribution in [1.82, 2.24) is 4.57 Å². The summed E-state index contributed by atoms with van der Waals surface area (Å²) in [5.74, 6) is 0.611. The highest BCUT2D eigenvalue weighted by Gasteiger charge is 2.12. The van der Waals surface area contributed by atoms with Gasteiger partial charge in [-0.15, -0.1) is 11.8 Å². The Hall–Kier alpha value is -2.05. The fourth-order valence-corrected chi connectivity index (χ4v) is 4.80. The van der Waals surface area contributed by atoms with Gasteiger partial charge in [0.15, 0.2) is 4.80 Å². The van der Waals surface area contributed by atoms with Gasteiger partial charge in [0.2, 0.25) is 0 Å². The van der Waals surface area contributed by atoms with Crippen LogP contribution in [0.1, 0.15) is 38.1 Å². The van der Waals surface area contributed by atoms with Crippen LogP contribution in [-0.4, -0.2) is 22.3 Å². The van der Waals surface area contributed by atoms with E-state index in [4.69, 9.17) is 4.74 Å². The van der Waals surface area contributed by atoms with Gasteiger partial charge in [0.25, 0.3) is 5.91 Å². The molecule has 3 rings (SSSR count). The van der Waals surface area contributed by atoms with Gasteiger partial charge < -0.3 is 9.30 Å². The molecule has 2 aromatic carbocycles. The van der Waals surface area contributed by atoms with Gasteiger partial charge in [0.1, 0.15) is 11.3 Å². The highest BCUT2D eigenvalue weighted by Crippen LogP contribution is 2.28. The lowest BCUT2D eigenvalue weighted by molar-refractivity contribution is 0.0998. The lowest BCUT2D eigenvalue weighted by Crippen LogP contribution is -2.16. The van der Waals surface area contributed by atoms with Crippen LogP contribution in [0.3, 0.4) is 0 Å². The van der Waals surface area contributed by atoms with Crippen LogP contribution in [0.5, 0.6) is 5.75 Å². The molecule has 0 unspecified atom stereocenters. The molecule has 0 atom stereocenters. The Balaban J connectivity index is 2.00. The maximum absolute atomic E-state index is 12.7. The minimum Gasteiger partial charge on any atom is -0.492 e. The number of fused-ring (bicyclic) bond motifs is 1. The summed E-state index contributed by atoms with van der Waals surface area (Å²) in [7, 11) is 0. The number of thioether (sulfide) groups is 1. The second-order valence-corrected chi connectivity index (χ2v) is 8.93. The molecule has 142 valence electrons. The smallest absolute Gasteiger partial charge is 0.279 e. The molecule has 0 fully saturated rings. The summed E-state index contributed by atoms with van der Waals surface area (Å²) >= 11 is 3.29. The van der Waals surface area contributed by atoms with Crippen LogP contribution >= 0.6 is 23.1 Å². The zero-order valence-electron chi connectivity index (χ0n) is 16.1. The van der Waals surface area contributed by atoms with Crippen molar-refractivity contribution >= 4 is 39.2 Å². The number of nitrogens with zero attached hydrogens (tertiary/aromatic N) is 2. The van der Waals surface area contributed by atoms with Crippen LogP contribution in [0, 0.1) is 0 Å². The van der Waals surface area contributed by atoms with Gasteiger partial charge in [0, 0.05) is 22.3 Å². The fraction of sp³-hybridized carbons (Fsp3) is 0.333. The van der Waals surface area contributed by atoms with Gasteiger partial charge in [-0.05, 0) is 50.2 Å². The minimum absolute atomic E-state index is 0.220. The highest BCUT2D eigenvalue weighted by molar-refractivity contribution is 7.99. The van der Waals surface area contributed by atoms with E-state index in [9.17, 15) is 4.79 Å². The molecule has 0 saturated carbocycles. The van der Waals surface area contributed by atoms with E-state index in [1.807, 2.05) is 54.0 Å². The van der Waals surface area contributed by atoms with Crippen LogP contribution in [0.25, 0.3) is 10.2 Å². The minimum atomic E-state index is -0.220. The Labute approximate surface area is 167 Å². The largest absolute Gasteiger partial charge is 0.492 e. The van der Waals surface area contributed by atoms with Gasteiger partial charge >= 0.3 is 0 Å². The van der Waals surface area contributed by atoms with E-state index in [0.29, 0.717) is 22.2 Å². The van der Waals surface area contributed by atoms with Gasteiger partial charge in [0.05, 0.1) is 11.3 Å². The van der Waals surface area contributed by atoms with Crippen molar-refractivity contribution in [1.29, 1.82) is 0 Å². The van der Waals surface area contributed by atoms with E-state index in [-0.39, 0.29) is 5.91 Å². The summed E-state index contributed by atoms with van der Waals surface area (Å²) in [6, 6.07) is 13.6. The number of para-hydroxylation sites is 1. The number of thiazole rings is 1. The molecular formula is C21H24N2O2S2. The second kappa shape index (κ2) is 8.76. The number of carbonyl (C=O) groups is 1. The lowest BCUT2D eigenvalue weighted by atomic mass is 10.2. The quantitative estimate of drug-likeness (QED) is 0.523. The molecule has 0 aliphatic carbocycles. The topological polar surface area (TPSA) is 43.6 Å². The van der Waals surface area contributed by atoms with Crippen LogP contribution < -0.4 is 9.54 Å². The molecule has 1 heterocycles. The molecule has 0 radical (unpaired) electrons. The molecule has 0 aliphatic rings. The number of hydrogen-bond acceptors (Lipinski definition) is 4. The van der Waals surface area contributed by atoms with Crippen molar-refractivity contribution < 1.29 is 9.53 Å². The van der Waals surface area contributed by atoms with Crippen molar-refractivity contribution in [3.63, 3.8) is 0 Å². The maximum Gasteiger partial charge on any atom is 0.279 e. The molecule has 6 heteroatoms. The molecule has 1 aromatic heterocycles. The van der Waals surface area contributed by atoms with Gasteiger partial charge in [-0.25, -0.2) is 0 Å². The third-order valence-electron chi connectivity index (χ3n) is 3.95. The molecule has 3 aromatic rings. The number of ether oxygens (including phenoxy) is 1. The van der Waals surface area contributed by atoms with Crippen LogP contribution in [0.2, 0.25) is 0 Å². The number of rotatable bonds is 6. The molecule has 0 bridgehead atoms. The number of benzene rings is 2. The Morgan fingerprint density at radius 3 is 2.56 bits per heavy atom. The van der Waals surface area contributed by atoms with Gasteiger partial charge in [-0.1, -0.05) is 31.3 Å². The molecular weight excluding hydrogens is 376 g/mol. The van der Waals surface area contributed by atoms with Crippen molar-refractivity contribution in [2.75, 3.05) is 6.61 Å². The number of amides is 1. The monoisotopic (exact) mass is 400 g/mol. The van der Waals surface area contributed by atoms with E-state index >= 15 is 0 Å². The summed E-state index contributed by atoms with van der Waals surface area (Å²) in [5.41, 5.74) is 1.61. The van der Waals surface area contributed by atoms with E-state index in [0.717, 1.165) is 27.4 Å². The lowest BCUT2D eigenvalue weighted by Gasteiger charge is -2.07. The third kappa shape index (κ3) is 4.45. The summed E-state index contributed by atoms with van der Waals surface area (Å²) in [6.07, 6.45) is 0. The van der Waals surface area contributed by atoms with E-state index in [1.54, 1.807) is 11.8 Å². The van der Waals surface area contributed by atoms with E-state index < -0.39 is 0 Å². The molecule has 1 amide bonds. The Bertz CT molecular complexity index is 1000. The number of aromatic nitrogens is 1. The van der Waals surface area contributed by atoms with Crippen LogP contribution in [0.15, 0.2) is 52.4 Å². The Morgan fingerprint density at radius 1 is 1.19 bits per heavy atom. The van der Waals surface area contributed by atoms with Gasteiger partial charge in [-0.3, -0.25) is 4.79 Å². The fourth-order valence-electron chi connectivity index (χ4n) is 2.85. The summed E-state index contributed by atoms with van der Waals surface area (Å²) in [4.78, 5) is 19.0. The zero-order valence-corrected chi connectivity index (χ0v) is 17.7. The average molecular weight is 401 g/mol. The molecule has 0 aliphatic heterocycles. The van der Waals surface area contributed by atoms with Crippen LogP contribution in [-0.2, 0) is 6.54 Å². The predicted molar refractivity (Wildman–Crippen MR) is 114 cm³/mol. The van der Waals surface area contributed by atoms with Gasteiger partial charge in [-0.2, -0.15) is 4.99 Å². The molecule has 4 nitrogen and oxygen atoms in total. The van der Waals surface area contributed by atoms with Crippen molar-refractivity contribution in [2.24, 2.45) is 4.99 Å². The summed E-state index contributed by atoms with van der Waals surface area (Å²) < 4.78 is 8.88. The Kier molecular flexibility index (Phi) is 6.39. The molecule has 27 heavy (non-hydrogen) atoms. The number of carbonyl (C=O) groups excluding carboxylic acids is 1. The summed E-state index contributed by atoms with van der Waals surface area (Å²) in [5, 5.41) is 0.512. The second-order valence-electron chi connectivity index (χ2n) is 6.27. The number of aryl methyl sites for hydroxylation is 1. The van der Waals surface area contributed by atoms with Crippen molar-refractivity contribution in [3.8, 4) is 5.75 Å². The molecule has 0 saturated heterocycles. The SMILES string of the molecule is CCOc1cccc2sc(=NC(=O)c3ccc(SC(C)C)cc3)n(CC)c12. The molecule has 0 spiro atoms. The molecule has 0 N–H and O–H groups in total. The van der Waals surface area contributed by atoms with Crippen molar-refractivity contribution in [2.45, 2.75) is 44.4 Å². The standard InChI is InChI=1S/C21H24N2O2S2/c1-5-23-19-17(25-6-2)8-7-9-18(19)27-21(23)22-20(24)15-10-12-16(13-11-15)26-14(3)4/h7-14H,5-6H2,1-4H3. The zero-order chi connectivity index (χ0) is 19.4. The first-order valence-corrected chi connectivity index (χ1v) is 10.8. The first-order chi connectivity index (χ1) is 13.0. The first kappa shape index (κ1) is 19.7. The van der Waals surface area contributed by atoms with E-state index in [1.165, 1.54) is 11.3 Å². The number of hydrogen-bond donors (Lipinski definition) is 0. The summed E-state index contributed by atoms with van der Waals surface area (Å²) in [6.45, 7) is 9.65. The van der Waals surface area contributed by atoms with Crippen LogP contribution in [0.4, 0.5) is 0 Å². The maximum atomic E-state index is 12.7. The van der Waals surface area contributed by atoms with E-state index in [2.05, 4.69) is 25.8 Å². The highest BCUT2D eigenvalue weighted by atomic mass is 32.2.